The van der Waals surface area contributed by atoms with Crippen molar-refractivity contribution in [2.24, 2.45) is 0 Å². The van der Waals surface area contributed by atoms with Gasteiger partial charge in [0.1, 0.15) is 0 Å². The van der Waals surface area contributed by atoms with Crippen LogP contribution in [0.25, 0.3) is 10.8 Å². The number of nitrogens with one attached hydrogen (secondary N) is 1. The van der Waals surface area contributed by atoms with Gasteiger partial charge in [-0.2, -0.15) is 0 Å². The summed E-state index contributed by atoms with van der Waals surface area (Å²) in [6.45, 7) is 2.16. The Kier molecular flexibility index (Phi) is 1.91. The summed E-state index contributed by atoms with van der Waals surface area (Å²) in [5, 5.41) is 2.60. The first-order valence-corrected chi connectivity index (χ1v) is 6.60. The van der Waals surface area contributed by atoms with Gasteiger partial charge in [0.2, 0.25) is 0 Å². The van der Waals surface area contributed by atoms with Gasteiger partial charge in [-0.1, -0.05) is 0 Å². The summed E-state index contributed by atoms with van der Waals surface area (Å²) in [7, 11) is 0. The third-order valence-electron chi connectivity index (χ3n) is 2.49. The van der Waals surface area contributed by atoms with Crippen molar-refractivity contribution in [3.8, 4) is 0 Å². The van der Waals surface area contributed by atoms with Gasteiger partial charge in [0.15, 0.2) is 0 Å². The number of anilines is 1. The molecule has 3 rings (SSSR count). The molecule has 2 nitrogen and oxygen atoms in total. The molecule has 0 saturated heterocycles. The second-order valence-electron chi connectivity index (χ2n) is 3.38. The van der Waals surface area contributed by atoms with E-state index in [9.17, 15) is 0 Å². The predicted octanol–water partition coefficient (Wildman–Crippen LogP) is 1.75. The van der Waals surface area contributed by atoms with E-state index >= 15 is 0 Å². The van der Waals surface area contributed by atoms with Crippen molar-refractivity contribution in [3.63, 3.8) is 0 Å². The van der Waals surface area contributed by atoms with E-state index in [1.165, 1.54) is 25.6 Å². The summed E-state index contributed by atoms with van der Waals surface area (Å²) in [5.41, 5.74) is 5.56. The van der Waals surface area contributed by atoms with Gasteiger partial charge >= 0.3 is 92.9 Å². The first-order chi connectivity index (χ1) is 6.86. The van der Waals surface area contributed by atoms with Gasteiger partial charge in [0.05, 0.1) is 0 Å². The zero-order chi connectivity index (χ0) is 9.54. The zero-order valence-electron chi connectivity index (χ0n) is 7.70. The Bertz CT molecular complexity index is 510. The van der Waals surface area contributed by atoms with Gasteiger partial charge in [0, 0.05) is 0 Å². The second kappa shape index (κ2) is 3.13. The van der Waals surface area contributed by atoms with Crippen molar-refractivity contribution < 1.29 is 3.20 Å². The minimum absolute atomic E-state index is 0.453. The molecule has 1 aliphatic rings. The molecule has 3 heteroatoms. The minimum atomic E-state index is -0.453. The molecule has 14 heavy (non-hydrogen) atoms. The molecule has 0 fully saturated rings. The average molecular weight is 299 g/mol. The Labute approximate surface area is 92.8 Å². The van der Waals surface area contributed by atoms with Crippen LogP contribution in [0, 0.1) is 6.92 Å². The molecule has 0 aliphatic carbocycles. The van der Waals surface area contributed by atoms with Crippen molar-refractivity contribution >= 4 is 41.4 Å². The third-order valence-corrected chi connectivity index (χ3v) is 4.40. The maximum absolute atomic E-state index is 5.36. The summed E-state index contributed by atoms with van der Waals surface area (Å²) in [4.78, 5) is 0. The van der Waals surface area contributed by atoms with E-state index in [0.29, 0.717) is 0 Å². The van der Waals surface area contributed by atoms with Crippen molar-refractivity contribution in [2.75, 3.05) is 5.48 Å². The third kappa shape index (κ3) is 1.14. The molecule has 0 atom stereocenters. The molecule has 70 valence electrons. The van der Waals surface area contributed by atoms with E-state index in [-0.39, 0.29) is 0 Å². The Morgan fingerprint density at radius 3 is 2.86 bits per heavy atom. The van der Waals surface area contributed by atoms with E-state index < -0.39 is 21.3 Å². The molecule has 0 amide bonds. The fourth-order valence-electron chi connectivity index (χ4n) is 1.80. The van der Waals surface area contributed by atoms with Gasteiger partial charge in [-0.15, -0.1) is 0 Å². The van der Waals surface area contributed by atoms with Crippen LogP contribution in [0.2, 0.25) is 0 Å². The van der Waals surface area contributed by atoms with Crippen LogP contribution in [-0.4, -0.2) is 21.3 Å². The summed E-state index contributed by atoms with van der Waals surface area (Å²) in [5.74, 6) is 0. The van der Waals surface area contributed by atoms with Gasteiger partial charge in [-0.25, -0.2) is 0 Å². The van der Waals surface area contributed by atoms with E-state index in [2.05, 4.69) is 42.7 Å². The molecule has 0 unspecified atom stereocenters. The molecule has 1 N–H and O–H groups in total. The summed E-state index contributed by atoms with van der Waals surface area (Å²) in [6.07, 6.45) is 0. The van der Waals surface area contributed by atoms with Gasteiger partial charge in [-0.05, 0) is 0 Å². The summed E-state index contributed by atoms with van der Waals surface area (Å²) >= 11 is -0.453. The summed E-state index contributed by atoms with van der Waals surface area (Å²) in [6, 6.07) is 10.7. The van der Waals surface area contributed by atoms with Crippen molar-refractivity contribution in [1.29, 1.82) is 0 Å². The van der Waals surface area contributed by atoms with Crippen LogP contribution in [0.5, 0.6) is 0 Å². The molecular weight excluding hydrogens is 290 g/mol. The molecule has 2 aromatic carbocycles. The van der Waals surface area contributed by atoms with Crippen molar-refractivity contribution in [3.05, 3.63) is 35.9 Å². The van der Waals surface area contributed by atoms with E-state index in [1.54, 1.807) is 0 Å². The predicted molar refractivity (Wildman–Crippen MR) is 58.8 cm³/mol. The van der Waals surface area contributed by atoms with Crippen LogP contribution in [0.4, 0.5) is 5.69 Å². The van der Waals surface area contributed by atoms with E-state index in [4.69, 9.17) is 3.20 Å². The molecule has 0 saturated carbocycles. The first-order valence-electron chi connectivity index (χ1n) is 4.48. The van der Waals surface area contributed by atoms with Crippen LogP contribution in [-0.2, 0) is 3.20 Å². The van der Waals surface area contributed by atoms with Crippen LogP contribution < -0.4 is 9.09 Å². The van der Waals surface area contributed by atoms with Gasteiger partial charge < -0.3 is 0 Å². The number of hydrogen-bond acceptors (Lipinski definition) is 2. The van der Waals surface area contributed by atoms with Crippen molar-refractivity contribution in [2.45, 2.75) is 6.92 Å². The number of rotatable bonds is 0. The number of benzene rings is 2. The molecule has 0 radical (unpaired) electrons. The second-order valence-corrected chi connectivity index (χ2v) is 5.59. The fraction of sp³-hybridized carbons (Fsp3) is 0.0909. The van der Waals surface area contributed by atoms with Crippen LogP contribution in [0.15, 0.2) is 30.3 Å². The Hall–Kier alpha value is -0.750. The monoisotopic (exact) mass is 301 g/mol. The standard InChI is InChI=1S/C11H9NOTe/c1-7-6-10-11(12-13-14-10)9-5-3-2-4-8(7)9/h2-6,12H,1H3. The quantitative estimate of drug-likeness (QED) is 0.748. The SMILES string of the molecule is Cc1cc2c(c3ccccc13)NO[Te]2. The van der Waals surface area contributed by atoms with Crippen LogP contribution in [0.1, 0.15) is 5.56 Å². The van der Waals surface area contributed by atoms with Gasteiger partial charge in [0.25, 0.3) is 0 Å². The Morgan fingerprint density at radius 2 is 2.00 bits per heavy atom. The first kappa shape index (κ1) is 8.55. The molecule has 0 bridgehead atoms. The molecule has 2 aromatic rings. The number of aryl methyl sites for hydroxylation is 1. The van der Waals surface area contributed by atoms with Crippen molar-refractivity contribution in [1.82, 2.24) is 0 Å². The average Bonchev–Trinajstić information content (AvgIpc) is 2.66. The van der Waals surface area contributed by atoms with E-state index in [1.807, 2.05) is 0 Å². The topological polar surface area (TPSA) is 21.3 Å². The van der Waals surface area contributed by atoms with Gasteiger partial charge in [-0.3, -0.25) is 0 Å². The number of fused-ring (bicyclic) bond motifs is 3. The van der Waals surface area contributed by atoms with Crippen LogP contribution in [0.3, 0.4) is 0 Å². The molecule has 1 heterocycles. The fourth-order valence-corrected chi connectivity index (χ4v) is 3.73. The number of hydrogen-bond donors (Lipinski definition) is 1. The Morgan fingerprint density at radius 1 is 1.21 bits per heavy atom. The molecule has 1 aliphatic heterocycles. The maximum atomic E-state index is 5.36. The normalized spacial score (nSPS) is 14.1. The van der Waals surface area contributed by atoms with Crippen LogP contribution >= 0.6 is 0 Å². The molecule has 0 aromatic heterocycles. The van der Waals surface area contributed by atoms with E-state index in [0.717, 1.165) is 0 Å². The zero-order valence-corrected chi connectivity index (χ0v) is 10.0. The molecular formula is C11H9NOTe. The summed E-state index contributed by atoms with van der Waals surface area (Å²) < 4.78 is 6.74. The molecule has 0 spiro atoms. The Balaban J connectivity index is 2.47.